The third-order valence-corrected chi connectivity index (χ3v) is 4.50. The van der Waals surface area contributed by atoms with Crippen LogP contribution in [0.4, 0.5) is 11.4 Å². The van der Waals surface area contributed by atoms with E-state index in [1.54, 1.807) is 6.07 Å². The van der Waals surface area contributed by atoms with Gasteiger partial charge in [-0.3, -0.25) is 9.52 Å². The van der Waals surface area contributed by atoms with E-state index < -0.39 is 10.0 Å². The van der Waals surface area contributed by atoms with E-state index in [2.05, 4.69) is 10.0 Å². The molecular weight excluding hydrogens is 330 g/mol. The lowest BCUT2D eigenvalue weighted by Crippen LogP contribution is -2.15. The molecule has 2 aromatic rings. The number of nitriles is 1. The molecule has 0 heterocycles. The van der Waals surface area contributed by atoms with E-state index in [-0.39, 0.29) is 22.1 Å². The first-order chi connectivity index (χ1) is 11.4. The van der Waals surface area contributed by atoms with Crippen LogP contribution < -0.4 is 14.8 Å². The molecule has 2 N–H and O–H groups in total. The molecule has 0 saturated carbocycles. The van der Waals surface area contributed by atoms with Gasteiger partial charge < -0.3 is 10.1 Å². The molecule has 1 amide bonds. The number of anilines is 2. The molecule has 0 atom stereocenters. The van der Waals surface area contributed by atoms with Crippen molar-refractivity contribution in [2.45, 2.75) is 11.8 Å². The van der Waals surface area contributed by atoms with Gasteiger partial charge in [-0.05, 0) is 30.3 Å². The van der Waals surface area contributed by atoms with E-state index in [4.69, 9.17) is 10.00 Å². The van der Waals surface area contributed by atoms with E-state index in [1.807, 2.05) is 6.07 Å². The molecule has 0 aliphatic heterocycles. The fourth-order valence-electron chi connectivity index (χ4n) is 2.06. The normalized spacial score (nSPS) is 10.5. The summed E-state index contributed by atoms with van der Waals surface area (Å²) in [6.45, 7) is 1.33. The third-order valence-electron chi connectivity index (χ3n) is 3.06. The van der Waals surface area contributed by atoms with Crippen LogP contribution in [0.25, 0.3) is 0 Å². The zero-order valence-corrected chi connectivity index (χ0v) is 13.8. The van der Waals surface area contributed by atoms with Gasteiger partial charge in [0, 0.05) is 6.92 Å². The van der Waals surface area contributed by atoms with Crippen molar-refractivity contribution < 1.29 is 17.9 Å². The smallest absolute Gasteiger partial charge is 0.263 e. The number of methoxy groups -OCH3 is 1. The molecule has 0 saturated heterocycles. The van der Waals surface area contributed by atoms with Crippen molar-refractivity contribution in [1.82, 2.24) is 0 Å². The summed E-state index contributed by atoms with van der Waals surface area (Å²) in [5, 5.41) is 11.6. The molecule has 0 spiro atoms. The Bertz CT molecular complexity index is 917. The van der Waals surface area contributed by atoms with Gasteiger partial charge in [0.2, 0.25) is 5.91 Å². The lowest BCUT2D eigenvalue weighted by atomic mass is 10.2. The highest BCUT2D eigenvalue weighted by atomic mass is 32.2. The molecule has 0 unspecified atom stereocenters. The zero-order valence-electron chi connectivity index (χ0n) is 13.0. The molecule has 124 valence electrons. The summed E-state index contributed by atoms with van der Waals surface area (Å²) in [6.07, 6.45) is 0. The maximum atomic E-state index is 12.5. The van der Waals surface area contributed by atoms with E-state index >= 15 is 0 Å². The first-order valence-electron chi connectivity index (χ1n) is 6.85. The molecule has 2 rings (SSSR count). The molecule has 0 aliphatic rings. The largest absolute Gasteiger partial charge is 0.495 e. The number of rotatable bonds is 5. The van der Waals surface area contributed by atoms with E-state index in [0.717, 1.165) is 0 Å². The average Bonchev–Trinajstić information content (AvgIpc) is 2.54. The van der Waals surface area contributed by atoms with Gasteiger partial charge in [0.25, 0.3) is 10.0 Å². The Balaban J connectivity index is 2.40. The third kappa shape index (κ3) is 3.83. The van der Waals surface area contributed by atoms with E-state index in [1.165, 1.54) is 50.4 Å². The molecule has 7 nitrogen and oxygen atoms in total. The number of sulfonamides is 1. The molecule has 0 fully saturated rings. The Hall–Kier alpha value is -3.05. The van der Waals surface area contributed by atoms with Gasteiger partial charge in [0.05, 0.1) is 24.0 Å². The summed E-state index contributed by atoms with van der Waals surface area (Å²) in [5.41, 5.74) is 0.603. The van der Waals surface area contributed by atoms with E-state index in [9.17, 15) is 13.2 Å². The van der Waals surface area contributed by atoms with Gasteiger partial charge in [-0.15, -0.1) is 0 Å². The Labute approximate surface area is 139 Å². The molecule has 0 radical (unpaired) electrons. The highest BCUT2D eigenvalue weighted by Crippen LogP contribution is 2.29. The van der Waals surface area contributed by atoms with Crippen LogP contribution in [0.2, 0.25) is 0 Å². The van der Waals surface area contributed by atoms with Gasteiger partial charge >= 0.3 is 0 Å². The van der Waals surface area contributed by atoms with Gasteiger partial charge in [0.15, 0.2) is 0 Å². The van der Waals surface area contributed by atoms with Crippen LogP contribution in [-0.2, 0) is 14.8 Å². The minimum atomic E-state index is -3.95. The second-order valence-electron chi connectivity index (χ2n) is 4.81. The Kier molecular flexibility index (Phi) is 5.06. The van der Waals surface area contributed by atoms with Crippen LogP contribution in [0.3, 0.4) is 0 Å². The highest BCUT2D eigenvalue weighted by molar-refractivity contribution is 7.92. The van der Waals surface area contributed by atoms with Crippen LogP contribution >= 0.6 is 0 Å². The van der Waals surface area contributed by atoms with Crippen molar-refractivity contribution in [3.8, 4) is 11.8 Å². The minimum Gasteiger partial charge on any atom is -0.495 e. The number of amides is 1. The number of nitrogens with one attached hydrogen (secondary N) is 2. The van der Waals surface area contributed by atoms with Crippen LogP contribution in [0.15, 0.2) is 47.4 Å². The standard InChI is InChI=1S/C16H15N3O4S/c1-11(20)18-14-9-13(7-8-15(14)23-2)19-24(21,22)16-6-4-3-5-12(16)10-17/h3-9,19H,1-2H3,(H,18,20). The fraction of sp³-hybridized carbons (Fsp3) is 0.125. The quantitative estimate of drug-likeness (QED) is 0.864. The Morgan fingerprint density at radius 3 is 2.54 bits per heavy atom. The predicted molar refractivity (Wildman–Crippen MR) is 89.3 cm³/mol. The molecule has 24 heavy (non-hydrogen) atoms. The summed E-state index contributed by atoms with van der Waals surface area (Å²) in [7, 11) is -2.51. The first kappa shape index (κ1) is 17.3. The fourth-order valence-corrected chi connectivity index (χ4v) is 3.27. The lowest BCUT2D eigenvalue weighted by Gasteiger charge is -2.13. The van der Waals surface area contributed by atoms with Gasteiger partial charge in [0.1, 0.15) is 16.7 Å². The molecule has 0 aliphatic carbocycles. The zero-order chi connectivity index (χ0) is 17.7. The van der Waals surface area contributed by atoms with Crippen molar-refractivity contribution in [2.75, 3.05) is 17.1 Å². The summed E-state index contributed by atoms with van der Waals surface area (Å²) in [4.78, 5) is 11.1. The molecule has 0 bridgehead atoms. The maximum absolute atomic E-state index is 12.5. The van der Waals surface area contributed by atoms with Gasteiger partial charge in [-0.1, -0.05) is 12.1 Å². The van der Waals surface area contributed by atoms with Crippen molar-refractivity contribution in [2.24, 2.45) is 0 Å². The Morgan fingerprint density at radius 1 is 1.21 bits per heavy atom. The number of carbonyl (C=O) groups excluding carboxylic acids is 1. The predicted octanol–water partition coefficient (Wildman–Crippen LogP) is 2.33. The van der Waals surface area contributed by atoms with Crippen molar-refractivity contribution in [3.63, 3.8) is 0 Å². The van der Waals surface area contributed by atoms with Crippen LogP contribution in [0, 0.1) is 11.3 Å². The number of nitrogens with zero attached hydrogens (tertiary/aromatic N) is 1. The van der Waals surface area contributed by atoms with Gasteiger partial charge in [-0.25, -0.2) is 8.42 Å². The van der Waals surface area contributed by atoms with Crippen LogP contribution in [-0.4, -0.2) is 21.4 Å². The summed E-state index contributed by atoms with van der Waals surface area (Å²) in [5.74, 6) is 0.0775. The van der Waals surface area contributed by atoms with Crippen molar-refractivity contribution in [3.05, 3.63) is 48.0 Å². The van der Waals surface area contributed by atoms with Crippen LogP contribution in [0.5, 0.6) is 5.75 Å². The van der Waals surface area contributed by atoms with Crippen LogP contribution in [0.1, 0.15) is 12.5 Å². The summed E-state index contributed by atoms with van der Waals surface area (Å²) >= 11 is 0. The minimum absolute atomic E-state index is 0.0422. The first-order valence-corrected chi connectivity index (χ1v) is 8.33. The van der Waals surface area contributed by atoms with Crippen molar-refractivity contribution >= 4 is 27.3 Å². The molecule has 8 heteroatoms. The summed E-state index contributed by atoms with van der Waals surface area (Å²) < 4.78 is 32.5. The second kappa shape index (κ2) is 7.02. The molecule has 0 aromatic heterocycles. The van der Waals surface area contributed by atoms with E-state index in [0.29, 0.717) is 11.4 Å². The monoisotopic (exact) mass is 345 g/mol. The number of ether oxygens (including phenoxy) is 1. The molecule has 2 aromatic carbocycles. The van der Waals surface area contributed by atoms with Gasteiger partial charge in [-0.2, -0.15) is 5.26 Å². The topological polar surface area (TPSA) is 108 Å². The number of benzene rings is 2. The number of hydrogen-bond acceptors (Lipinski definition) is 5. The van der Waals surface area contributed by atoms with Crippen molar-refractivity contribution in [1.29, 1.82) is 5.26 Å². The highest BCUT2D eigenvalue weighted by Gasteiger charge is 2.19. The lowest BCUT2D eigenvalue weighted by molar-refractivity contribution is -0.114. The second-order valence-corrected chi connectivity index (χ2v) is 6.46. The maximum Gasteiger partial charge on any atom is 0.263 e. The number of hydrogen-bond donors (Lipinski definition) is 2. The SMILES string of the molecule is COc1ccc(NS(=O)(=O)c2ccccc2C#N)cc1NC(C)=O. The summed E-state index contributed by atoms with van der Waals surface area (Å²) in [6, 6.07) is 12.2. The number of carbonyl (C=O) groups is 1. The Morgan fingerprint density at radius 2 is 1.92 bits per heavy atom. The molecular formula is C16H15N3O4S. The average molecular weight is 345 g/mol.